The average molecular weight is 175 g/mol. The van der Waals surface area contributed by atoms with Crippen LogP contribution in [-0.4, -0.2) is 11.4 Å². The first kappa shape index (κ1) is 8.27. The number of rotatable bonds is 1. The Morgan fingerprint density at radius 2 is 2.44 bits per heavy atom. The van der Waals surface area contributed by atoms with E-state index in [2.05, 4.69) is 5.16 Å². The van der Waals surface area contributed by atoms with Crippen LogP contribution in [0.5, 0.6) is 0 Å². The van der Waals surface area contributed by atoms with E-state index in [1.54, 1.807) is 12.1 Å². The van der Waals surface area contributed by atoms with Crippen molar-refractivity contribution in [3.63, 3.8) is 0 Å². The third kappa shape index (κ3) is 2.35. The van der Waals surface area contributed by atoms with Crippen LogP contribution in [0.25, 0.3) is 0 Å². The molecule has 0 saturated heterocycles. The summed E-state index contributed by atoms with van der Waals surface area (Å²) in [6, 6.07) is 3.41. The Labute approximate surface area is 62.8 Å². The van der Waals surface area contributed by atoms with Gasteiger partial charge in [0, 0.05) is 17.1 Å². The van der Waals surface area contributed by atoms with Crippen molar-refractivity contribution in [2.45, 2.75) is 0 Å². The summed E-state index contributed by atoms with van der Waals surface area (Å²) in [4.78, 5) is 0. The molecule has 1 aromatic heterocycles. The first-order valence-electron chi connectivity index (χ1n) is 2.14. The van der Waals surface area contributed by atoms with Gasteiger partial charge in [0.1, 0.15) is 12.0 Å². The minimum absolute atomic E-state index is 0. The van der Waals surface area contributed by atoms with Gasteiger partial charge in [0.05, 0.1) is 6.26 Å². The topological polar surface area (TPSA) is 45.7 Å². The summed E-state index contributed by atoms with van der Waals surface area (Å²) >= 11 is 0. The molecule has 0 fully saturated rings. The molecule has 1 radical (unpaired) electrons. The summed E-state index contributed by atoms with van der Waals surface area (Å²) in [5, 5.41) is 10.7. The van der Waals surface area contributed by atoms with E-state index < -0.39 is 0 Å². The molecule has 0 spiro atoms. The van der Waals surface area contributed by atoms with Gasteiger partial charge in [-0.15, -0.1) is 0 Å². The zero-order chi connectivity index (χ0) is 5.82. The third-order valence-corrected chi connectivity index (χ3v) is 0.728. The second kappa shape index (κ2) is 4.18. The van der Waals surface area contributed by atoms with E-state index >= 15 is 0 Å². The molecule has 0 amide bonds. The quantitative estimate of drug-likeness (QED) is 0.300. The van der Waals surface area contributed by atoms with E-state index in [0.717, 1.165) is 0 Å². The molecule has 9 heavy (non-hydrogen) atoms. The molecule has 1 aromatic rings. The molecule has 4 heteroatoms. The van der Waals surface area contributed by atoms with Crippen LogP contribution in [0.2, 0.25) is 0 Å². The molecular weight excluding hydrogens is 170 g/mol. The molecule has 53 valence electrons. The number of hydrogen-bond acceptors (Lipinski definition) is 3. The van der Waals surface area contributed by atoms with Crippen LogP contribution in [0.4, 0.5) is 0 Å². The smallest absolute Gasteiger partial charge is 0.148 e. The van der Waals surface area contributed by atoms with E-state index in [4.69, 9.17) is 9.62 Å². The SMILES string of the molecule is ON=Cc1ccco1.[Cu]. The van der Waals surface area contributed by atoms with E-state index in [0.29, 0.717) is 5.76 Å². The van der Waals surface area contributed by atoms with Crippen LogP contribution in [0.15, 0.2) is 28.0 Å². The Balaban J connectivity index is 0.000000640. The fraction of sp³-hybridized carbons (Fsp3) is 0. The van der Waals surface area contributed by atoms with Crippen LogP contribution >= 0.6 is 0 Å². The molecule has 3 nitrogen and oxygen atoms in total. The van der Waals surface area contributed by atoms with Gasteiger partial charge in [-0.2, -0.15) is 0 Å². The summed E-state index contributed by atoms with van der Waals surface area (Å²) < 4.78 is 4.76. The molecule has 0 aliphatic rings. The van der Waals surface area contributed by atoms with Crippen molar-refractivity contribution in [1.82, 2.24) is 0 Å². The van der Waals surface area contributed by atoms with Gasteiger partial charge in [-0.05, 0) is 12.1 Å². The van der Waals surface area contributed by atoms with Crippen molar-refractivity contribution < 1.29 is 26.7 Å². The third-order valence-electron chi connectivity index (χ3n) is 0.728. The molecule has 1 N–H and O–H groups in total. The van der Waals surface area contributed by atoms with Crippen LogP contribution in [0.1, 0.15) is 5.76 Å². The normalized spacial score (nSPS) is 9.33. The molecule has 0 unspecified atom stereocenters. The number of nitrogens with zero attached hydrogens (tertiary/aromatic N) is 1. The molecule has 0 saturated carbocycles. The van der Waals surface area contributed by atoms with Gasteiger partial charge in [-0.3, -0.25) is 0 Å². The molecule has 0 atom stereocenters. The van der Waals surface area contributed by atoms with Crippen molar-refractivity contribution in [1.29, 1.82) is 0 Å². The summed E-state index contributed by atoms with van der Waals surface area (Å²) in [5.74, 6) is 0.549. The van der Waals surface area contributed by atoms with Gasteiger partial charge in [0.15, 0.2) is 0 Å². The van der Waals surface area contributed by atoms with Crippen molar-refractivity contribution in [3.05, 3.63) is 24.2 Å². The standard InChI is InChI=1S/C5H5NO2.Cu/c7-6-4-5-2-1-3-8-5;/h1-4,7H;. The first-order valence-corrected chi connectivity index (χ1v) is 2.14. The summed E-state index contributed by atoms with van der Waals surface area (Å²) in [5.41, 5.74) is 0. The van der Waals surface area contributed by atoms with Crippen molar-refractivity contribution >= 4 is 6.21 Å². The maximum Gasteiger partial charge on any atom is 0.148 e. The van der Waals surface area contributed by atoms with E-state index in [-0.39, 0.29) is 17.1 Å². The van der Waals surface area contributed by atoms with Crippen LogP contribution in [-0.2, 0) is 17.1 Å². The predicted molar refractivity (Wildman–Crippen MR) is 28.1 cm³/mol. The average Bonchev–Trinajstić information content (AvgIpc) is 2.19. The van der Waals surface area contributed by atoms with E-state index in [1.165, 1.54) is 12.5 Å². The molecule has 0 aromatic carbocycles. The van der Waals surface area contributed by atoms with Crippen LogP contribution in [0.3, 0.4) is 0 Å². The first-order chi connectivity index (χ1) is 3.93. The summed E-state index contributed by atoms with van der Waals surface area (Å²) in [6.07, 6.45) is 2.73. The summed E-state index contributed by atoms with van der Waals surface area (Å²) in [6.45, 7) is 0. The Morgan fingerprint density at radius 3 is 2.89 bits per heavy atom. The minimum atomic E-state index is 0. The monoisotopic (exact) mass is 174 g/mol. The molecule has 0 aliphatic carbocycles. The second-order valence-electron chi connectivity index (χ2n) is 1.26. The molecule has 0 bridgehead atoms. The Hall–Kier alpha value is -0.731. The van der Waals surface area contributed by atoms with E-state index in [9.17, 15) is 0 Å². The minimum Gasteiger partial charge on any atom is -0.463 e. The number of hydrogen-bond donors (Lipinski definition) is 1. The maximum atomic E-state index is 7.95. The van der Waals surface area contributed by atoms with Gasteiger partial charge < -0.3 is 9.62 Å². The van der Waals surface area contributed by atoms with E-state index in [1.807, 2.05) is 0 Å². The second-order valence-corrected chi connectivity index (χ2v) is 1.26. The Morgan fingerprint density at radius 1 is 1.67 bits per heavy atom. The van der Waals surface area contributed by atoms with Crippen molar-refractivity contribution in [3.8, 4) is 0 Å². The van der Waals surface area contributed by atoms with Gasteiger partial charge in [-0.25, -0.2) is 0 Å². The fourth-order valence-corrected chi connectivity index (χ4v) is 0.422. The van der Waals surface area contributed by atoms with Gasteiger partial charge in [-0.1, -0.05) is 5.16 Å². The molecular formula is C5H5CuNO2. The van der Waals surface area contributed by atoms with Crippen LogP contribution < -0.4 is 0 Å². The van der Waals surface area contributed by atoms with Crippen molar-refractivity contribution in [2.75, 3.05) is 0 Å². The number of oxime groups is 1. The molecule has 0 aliphatic heterocycles. The molecule has 1 rings (SSSR count). The number of furan rings is 1. The van der Waals surface area contributed by atoms with Gasteiger partial charge >= 0.3 is 0 Å². The van der Waals surface area contributed by atoms with Gasteiger partial charge in [0.25, 0.3) is 0 Å². The Kier molecular flexibility index (Phi) is 3.84. The zero-order valence-corrected chi connectivity index (χ0v) is 5.36. The van der Waals surface area contributed by atoms with Crippen molar-refractivity contribution in [2.24, 2.45) is 5.16 Å². The van der Waals surface area contributed by atoms with Crippen LogP contribution in [0, 0.1) is 0 Å². The maximum absolute atomic E-state index is 7.95. The largest absolute Gasteiger partial charge is 0.463 e. The Bertz CT molecular complexity index is 171. The fourth-order valence-electron chi connectivity index (χ4n) is 0.422. The molecule has 1 heterocycles. The summed E-state index contributed by atoms with van der Waals surface area (Å²) in [7, 11) is 0. The van der Waals surface area contributed by atoms with Gasteiger partial charge in [0.2, 0.25) is 0 Å². The predicted octanol–water partition coefficient (Wildman–Crippen LogP) is 1.09. The zero-order valence-electron chi connectivity index (χ0n) is 4.41.